The normalized spacial score (nSPS) is 13.5. The molecule has 6 nitrogen and oxygen atoms in total. The molecule has 2 aromatic carbocycles. The van der Waals surface area contributed by atoms with E-state index in [1.807, 2.05) is 0 Å². The quantitative estimate of drug-likeness (QED) is 0.737. The van der Waals surface area contributed by atoms with Crippen LogP contribution >= 0.6 is 0 Å². The van der Waals surface area contributed by atoms with Crippen LogP contribution in [0.5, 0.6) is 5.75 Å². The number of nitrogens with one attached hydrogen (secondary N) is 2. The van der Waals surface area contributed by atoms with Crippen LogP contribution in [0, 0.1) is 6.92 Å². The summed E-state index contributed by atoms with van der Waals surface area (Å²) in [5, 5.41) is 15.2. The summed E-state index contributed by atoms with van der Waals surface area (Å²) in [6.07, 6.45) is 0. The minimum Gasteiger partial charge on any atom is -0.508 e. The maximum Gasteiger partial charge on any atom is 0.217 e. The van der Waals surface area contributed by atoms with Gasteiger partial charge in [0, 0.05) is 35.9 Å². The van der Waals surface area contributed by atoms with E-state index in [1.165, 1.54) is 13.0 Å². The van der Waals surface area contributed by atoms with Crippen molar-refractivity contribution in [3.63, 3.8) is 0 Å². The molecule has 0 bridgehead atoms. The molecule has 3 rings (SSSR count). The molecule has 0 saturated carbocycles. The Kier molecular flexibility index (Phi) is 4.58. The van der Waals surface area contributed by atoms with E-state index < -0.39 is 0 Å². The Balaban J connectivity index is 2.06. The van der Waals surface area contributed by atoms with Gasteiger partial charge >= 0.3 is 0 Å². The van der Waals surface area contributed by atoms with Crippen LogP contribution in [0.1, 0.15) is 33.2 Å². The fourth-order valence-corrected chi connectivity index (χ4v) is 2.82. The average molecular weight is 350 g/mol. The van der Waals surface area contributed by atoms with Crippen LogP contribution < -0.4 is 10.6 Å². The lowest BCUT2D eigenvalue weighted by Gasteiger charge is -2.22. The van der Waals surface area contributed by atoms with E-state index in [2.05, 4.69) is 10.6 Å². The number of anilines is 1. The molecule has 0 aliphatic heterocycles. The summed E-state index contributed by atoms with van der Waals surface area (Å²) in [5.41, 5.74) is 2.18. The summed E-state index contributed by atoms with van der Waals surface area (Å²) in [6.45, 7) is 3.03. The smallest absolute Gasteiger partial charge is 0.217 e. The molecular formula is C20H18N2O4. The van der Waals surface area contributed by atoms with Gasteiger partial charge in [-0.1, -0.05) is 24.3 Å². The fraction of sp³-hybridized carbons (Fsp3) is 0.150. The number of ketones is 2. The summed E-state index contributed by atoms with van der Waals surface area (Å²) >= 11 is 0. The number of fused-ring (bicyclic) bond motifs is 1. The van der Waals surface area contributed by atoms with E-state index in [0.717, 1.165) is 0 Å². The summed E-state index contributed by atoms with van der Waals surface area (Å²) in [6, 6.07) is 11.4. The highest BCUT2D eigenvalue weighted by Gasteiger charge is 2.32. The molecule has 1 aliphatic carbocycles. The van der Waals surface area contributed by atoms with Gasteiger partial charge in [0.15, 0.2) is 5.78 Å². The molecule has 132 valence electrons. The van der Waals surface area contributed by atoms with Crippen molar-refractivity contribution >= 4 is 23.2 Å². The summed E-state index contributed by atoms with van der Waals surface area (Å²) in [4.78, 5) is 37.1. The Bertz CT molecular complexity index is 960. The third kappa shape index (κ3) is 3.21. The Morgan fingerprint density at radius 1 is 1.04 bits per heavy atom. The lowest BCUT2D eigenvalue weighted by molar-refractivity contribution is -0.118. The molecule has 0 aromatic heterocycles. The molecule has 0 heterocycles. The maximum absolute atomic E-state index is 12.9. The largest absolute Gasteiger partial charge is 0.508 e. The van der Waals surface area contributed by atoms with Gasteiger partial charge in [0.25, 0.3) is 0 Å². The maximum atomic E-state index is 12.9. The van der Waals surface area contributed by atoms with Crippen LogP contribution in [0.2, 0.25) is 0 Å². The number of phenolic OH excluding ortho intramolecular Hbond substituents is 1. The average Bonchev–Trinajstić information content (AvgIpc) is 2.62. The first-order valence-electron chi connectivity index (χ1n) is 8.11. The number of amides is 1. The summed E-state index contributed by atoms with van der Waals surface area (Å²) < 4.78 is 0. The topological polar surface area (TPSA) is 95.5 Å². The first-order chi connectivity index (χ1) is 12.4. The number of hydrogen-bond acceptors (Lipinski definition) is 5. The molecule has 1 amide bonds. The standard InChI is InChI=1S/C20H18N2O4/c1-11-9-13(7-8-17(11)24)22-18-16(10-21-12(2)23)19(25)14-5-3-4-6-15(14)20(18)26/h3-9,22,24H,10H2,1-2H3,(H,21,23). The SMILES string of the molecule is CC(=O)NCC1=C(Nc2ccc(O)c(C)c2)C(=O)c2ccccc2C1=O. The molecule has 6 heteroatoms. The van der Waals surface area contributed by atoms with Crippen molar-refractivity contribution in [1.82, 2.24) is 5.32 Å². The Hall–Kier alpha value is -3.41. The van der Waals surface area contributed by atoms with Crippen LogP contribution in [-0.4, -0.2) is 29.1 Å². The lowest BCUT2D eigenvalue weighted by atomic mass is 9.87. The molecule has 0 saturated heterocycles. The highest BCUT2D eigenvalue weighted by atomic mass is 16.3. The van der Waals surface area contributed by atoms with E-state index in [0.29, 0.717) is 22.4 Å². The first kappa shape index (κ1) is 17.4. The van der Waals surface area contributed by atoms with Crippen LogP contribution in [0.3, 0.4) is 0 Å². The van der Waals surface area contributed by atoms with E-state index in [1.54, 1.807) is 43.3 Å². The van der Waals surface area contributed by atoms with Crippen LogP contribution in [0.4, 0.5) is 5.69 Å². The van der Waals surface area contributed by atoms with Gasteiger partial charge in [-0.05, 0) is 30.7 Å². The Morgan fingerprint density at radius 3 is 2.31 bits per heavy atom. The van der Waals surface area contributed by atoms with Crippen LogP contribution in [0.15, 0.2) is 53.7 Å². The molecule has 1 aliphatic rings. The highest BCUT2D eigenvalue weighted by Crippen LogP contribution is 2.28. The van der Waals surface area contributed by atoms with E-state index in [9.17, 15) is 19.5 Å². The lowest BCUT2D eigenvalue weighted by Crippen LogP contribution is -2.33. The van der Waals surface area contributed by atoms with E-state index in [4.69, 9.17) is 0 Å². The van der Waals surface area contributed by atoms with Crippen molar-refractivity contribution in [1.29, 1.82) is 0 Å². The van der Waals surface area contributed by atoms with E-state index >= 15 is 0 Å². The Morgan fingerprint density at radius 2 is 1.69 bits per heavy atom. The third-order valence-electron chi connectivity index (χ3n) is 4.20. The second kappa shape index (κ2) is 6.84. The molecular weight excluding hydrogens is 332 g/mol. The van der Waals surface area contributed by atoms with Gasteiger partial charge in [-0.3, -0.25) is 14.4 Å². The molecule has 26 heavy (non-hydrogen) atoms. The fourth-order valence-electron chi connectivity index (χ4n) is 2.82. The number of allylic oxidation sites excluding steroid dienone is 1. The third-order valence-corrected chi connectivity index (χ3v) is 4.20. The number of rotatable bonds is 4. The first-order valence-corrected chi connectivity index (χ1v) is 8.11. The number of carbonyl (C=O) groups excluding carboxylic acids is 3. The molecule has 0 unspecified atom stereocenters. The zero-order valence-electron chi connectivity index (χ0n) is 14.4. The van der Waals surface area contributed by atoms with Crippen molar-refractivity contribution in [3.8, 4) is 5.75 Å². The monoisotopic (exact) mass is 350 g/mol. The number of benzene rings is 2. The molecule has 0 atom stereocenters. The van der Waals surface area contributed by atoms with Gasteiger partial charge < -0.3 is 15.7 Å². The number of hydrogen-bond donors (Lipinski definition) is 3. The number of phenols is 1. The van der Waals surface area contributed by atoms with Crippen molar-refractivity contribution in [2.45, 2.75) is 13.8 Å². The zero-order chi connectivity index (χ0) is 18.8. The van der Waals surface area contributed by atoms with Gasteiger partial charge in [0.1, 0.15) is 5.75 Å². The van der Waals surface area contributed by atoms with Gasteiger partial charge in [0.2, 0.25) is 11.7 Å². The van der Waals surface area contributed by atoms with Gasteiger partial charge in [-0.2, -0.15) is 0 Å². The number of aromatic hydroxyl groups is 1. The summed E-state index contributed by atoms with van der Waals surface area (Å²) in [7, 11) is 0. The molecule has 0 spiro atoms. The number of Topliss-reactive ketones (excluding diaryl/α,β-unsaturated/α-hetero) is 2. The van der Waals surface area contributed by atoms with Crippen molar-refractivity contribution in [2.75, 3.05) is 11.9 Å². The van der Waals surface area contributed by atoms with Crippen LogP contribution in [-0.2, 0) is 4.79 Å². The number of aryl methyl sites for hydroxylation is 1. The summed E-state index contributed by atoms with van der Waals surface area (Å²) in [5.74, 6) is -0.769. The van der Waals surface area contributed by atoms with Gasteiger partial charge in [0.05, 0.1) is 5.70 Å². The zero-order valence-corrected chi connectivity index (χ0v) is 14.4. The van der Waals surface area contributed by atoms with Gasteiger partial charge in [-0.25, -0.2) is 0 Å². The highest BCUT2D eigenvalue weighted by molar-refractivity contribution is 6.28. The predicted molar refractivity (Wildman–Crippen MR) is 97.3 cm³/mol. The van der Waals surface area contributed by atoms with Crippen molar-refractivity contribution in [2.24, 2.45) is 0 Å². The number of carbonyl (C=O) groups is 3. The second-order valence-corrected chi connectivity index (χ2v) is 6.09. The molecule has 2 aromatic rings. The minimum absolute atomic E-state index is 0.0480. The Labute approximate surface area is 150 Å². The molecule has 0 radical (unpaired) electrons. The van der Waals surface area contributed by atoms with Crippen molar-refractivity contribution in [3.05, 3.63) is 70.4 Å². The van der Waals surface area contributed by atoms with Crippen molar-refractivity contribution < 1.29 is 19.5 Å². The predicted octanol–water partition coefficient (Wildman–Crippen LogP) is 2.58. The molecule has 3 N–H and O–H groups in total. The van der Waals surface area contributed by atoms with E-state index in [-0.39, 0.29) is 41.0 Å². The minimum atomic E-state index is -0.314. The van der Waals surface area contributed by atoms with Crippen LogP contribution in [0.25, 0.3) is 0 Å². The molecule has 0 fully saturated rings. The second-order valence-electron chi connectivity index (χ2n) is 6.09. The van der Waals surface area contributed by atoms with Gasteiger partial charge in [-0.15, -0.1) is 0 Å².